The number of likely N-dealkylation sites (tertiary alicyclic amines) is 1. The van der Waals surface area contributed by atoms with Crippen LogP contribution in [0.25, 0.3) is 0 Å². The second-order valence-electron chi connectivity index (χ2n) is 7.31. The largest absolute Gasteiger partial charge is 0.435 e. The van der Waals surface area contributed by atoms with E-state index < -0.39 is 6.61 Å². The van der Waals surface area contributed by atoms with Gasteiger partial charge in [-0.15, -0.1) is 0 Å². The lowest BCUT2D eigenvalue weighted by atomic mass is 9.96. The van der Waals surface area contributed by atoms with Crippen LogP contribution in [0.5, 0.6) is 5.75 Å². The van der Waals surface area contributed by atoms with Gasteiger partial charge in [0.1, 0.15) is 5.75 Å². The molecule has 168 valence electrons. The maximum Gasteiger partial charge on any atom is 0.387 e. The molecule has 0 aliphatic carbocycles. The normalized spacial score (nSPS) is 15.2. The number of rotatable bonds is 12. The van der Waals surface area contributed by atoms with Gasteiger partial charge >= 0.3 is 6.61 Å². The summed E-state index contributed by atoms with van der Waals surface area (Å²) in [7, 11) is 1.64. The number of alkyl halides is 2. The summed E-state index contributed by atoms with van der Waals surface area (Å²) in [5.41, 5.74) is 0.925. The van der Waals surface area contributed by atoms with Gasteiger partial charge in [-0.1, -0.05) is 12.1 Å². The Kier molecular flexibility index (Phi) is 10.5. The minimum atomic E-state index is -2.84. The number of piperidine rings is 1. The topological polar surface area (TPSA) is 79.9 Å². The van der Waals surface area contributed by atoms with Crippen LogP contribution >= 0.6 is 0 Å². The van der Waals surface area contributed by atoms with E-state index >= 15 is 0 Å². The van der Waals surface area contributed by atoms with Crippen molar-refractivity contribution >= 4 is 11.8 Å². The molecule has 1 aliphatic heterocycles. The molecule has 2 rings (SSSR count). The molecular formula is C21H31F2N3O4. The Bertz CT molecular complexity index is 650. The highest BCUT2D eigenvalue weighted by molar-refractivity contribution is 5.79. The second-order valence-corrected chi connectivity index (χ2v) is 7.31. The first-order chi connectivity index (χ1) is 14.5. The summed E-state index contributed by atoms with van der Waals surface area (Å²) in [6.07, 6.45) is 2.90. The molecule has 2 amide bonds. The fourth-order valence-corrected chi connectivity index (χ4v) is 3.37. The lowest BCUT2D eigenvalue weighted by Crippen LogP contribution is -2.44. The summed E-state index contributed by atoms with van der Waals surface area (Å²) < 4.78 is 33.6. The maximum absolute atomic E-state index is 12.1. The fourth-order valence-electron chi connectivity index (χ4n) is 3.37. The minimum Gasteiger partial charge on any atom is -0.435 e. The third-order valence-corrected chi connectivity index (χ3v) is 5.03. The molecule has 0 bridgehead atoms. The summed E-state index contributed by atoms with van der Waals surface area (Å²) in [4.78, 5) is 26.3. The van der Waals surface area contributed by atoms with Gasteiger partial charge in [0.2, 0.25) is 11.8 Å². The Balaban J connectivity index is 1.59. The number of ether oxygens (including phenoxy) is 2. The van der Waals surface area contributed by atoms with Crippen molar-refractivity contribution in [3.8, 4) is 5.75 Å². The first-order valence-electron chi connectivity index (χ1n) is 10.3. The first-order valence-corrected chi connectivity index (χ1v) is 10.3. The highest BCUT2D eigenvalue weighted by atomic mass is 19.3. The maximum atomic E-state index is 12.1. The zero-order valence-electron chi connectivity index (χ0n) is 17.4. The SMILES string of the molecule is COCCCNC(=O)C1CCN(CC(=O)NCCc2ccc(OC(F)F)cc2)CC1. The first kappa shape index (κ1) is 24.0. The van der Waals surface area contributed by atoms with Gasteiger partial charge in [-0.05, 0) is 56.5 Å². The van der Waals surface area contributed by atoms with Crippen LogP contribution in [0, 0.1) is 5.92 Å². The number of methoxy groups -OCH3 is 1. The molecule has 30 heavy (non-hydrogen) atoms. The highest BCUT2D eigenvalue weighted by Crippen LogP contribution is 2.17. The van der Waals surface area contributed by atoms with Crippen LogP contribution in [0.1, 0.15) is 24.8 Å². The van der Waals surface area contributed by atoms with Crippen LogP contribution < -0.4 is 15.4 Å². The van der Waals surface area contributed by atoms with Crippen molar-refractivity contribution in [3.63, 3.8) is 0 Å². The minimum absolute atomic E-state index is 0.00359. The number of carbonyl (C=O) groups excluding carboxylic acids is 2. The summed E-state index contributed by atoms with van der Waals surface area (Å²) in [5.74, 6) is 0.143. The fraction of sp³-hybridized carbons (Fsp3) is 0.619. The number of benzene rings is 1. The predicted molar refractivity (Wildman–Crippen MR) is 108 cm³/mol. The molecule has 1 aromatic rings. The zero-order valence-corrected chi connectivity index (χ0v) is 17.4. The zero-order chi connectivity index (χ0) is 21.8. The third-order valence-electron chi connectivity index (χ3n) is 5.03. The van der Waals surface area contributed by atoms with Gasteiger partial charge in [-0.2, -0.15) is 8.78 Å². The predicted octanol–water partition coefficient (Wildman–Crippen LogP) is 1.81. The van der Waals surface area contributed by atoms with E-state index in [9.17, 15) is 18.4 Å². The number of hydrogen-bond donors (Lipinski definition) is 2. The van der Waals surface area contributed by atoms with Crippen molar-refractivity contribution in [2.75, 3.05) is 46.4 Å². The molecule has 2 N–H and O–H groups in total. The van der Waals surface area contributed by atoms with E-state index in [1.54, 1.807) is 19.2 Å². The number of nitrogens with one attached hydrogen (secondary N) is 2. The van der Waals surface area contributed by atoms with Crippen LogP contribution in [0.3, 0.4) is 0 Å². The average molecular weight is 427 g/mol. The van der Waals surface area contributed by atoms with Gasteiger partial charge in [0, 0.05) is 32.7 Å². The molecule has 1 fully saturated rings. The number of carbonyl (C=O) groups is 2. The van der Waals surface area contributed by atoms with E-state index in [2.05, 4.69) is 20.3 Å². The molecule has 1 aromatic carbocycles. The van der Waals surface area contributed by atoms with E-state index in [0.717, 1.165) is 37.9 Å². The molecule has 0 aromatic heterocycles. The van der Waals surface area contributed by atoms with E-state index in [-0.39, 0.29) is 23.5 Å². The van der Waals surface area contributed by atoms with Crippen LogP contribution in [0.15, 0.2) is 24.3 Å². The van der Waals surface area contributed by atoms with Gasteiger partial charge < -0.3 is 20.1 Å². The Morgan fingerprint density at radius 2 is 1.83 bits per heavy atom. The molecule has 1 aliphatic rings. The number of amides is 2. The molecule has 7 nitrogen and oxygen atoms in total. The van der Waals surface area contributed by atoms with Gasteiger partial charge in [0.25, 0.3) is 0 Å². The molecule has 0 unspecified atom stereocenters. The summed E-state index contributed by atoms with van der Waals surface area (Å²) in [6.45, 7) is 0.626. The van der Waals surface area contributed by atoms with Crippen molar-refractivity contribution in [2.24, 2.45) is 5.92 Å². The Morgan fingerprint density at radius 1 is 1.13 bits per heavy atom. The van der Waals surface area contributed by atoms with Gasteiger partial charge in [-0.3, -0.25) is 14.5 Å². The van der Waals surface area contributed by atoms with Gasteiger partial charge in [0.15, 0.2) is 0 Å². The number of halogens is 2. The summed E-state index contributed by atoms with van der Waals surface area (Å²) in [6, 6.07) is 6.38. The number of hydrogen-bond acceptors (Lipinski definition) is 5. The highest BCUT2D eigenvalue weighted by Gasteiger charge is 2.25. The van der Waals surface area contributed by atoms with Gasteiger partial charge in [-0.25, -0.2) is 0 Å². The Hall–Kier alpha value is -2.26. The molecule has 0 spiro atoms. The summed E-state index contributed by atoms with van der Waals surface area (Å²) in [5, 5.41) is 5.81. The standard InChI is InChI=1S/C21H31F2N3O4/c1-29-14-2-10-25-20(28)17-8-12-26(13-9-17)15-19(27)24-11-7-16-3-5-18(6-4-16)30-21(22)23/h3-6,17,21H,2,7-15H2,1H3,(H,24,27)(H,25,28). The Labute approximate surface area is 176 Å². The smallest absolute Gasteiger partial charge is 0.387 e. The van der Waals surface area contributed by atoms with E-state index in [0.29, 0.717) is 32.7 Å². The lowest BCUT2D eigenvalue weighted by molar-refractivity contribution is -0.126. The van der Waals surface area contributed by atoms with Gasteiger partial charge in [0.05, 0.1) is 6.54 Å². The third kappa shape index (κ3) is 9.04. The van der Waals surface area contributed by atoms with E-state index in [1.807, 2.05) is 0 Å². The van der Waals surface area contributed by atoms with Crippen LogP contribution in [0.4, 0.5) is 8.78 Å². The van der Waals surface area contributed by atoms with Crippen molar-refractivity contribution in [3.05, 3.63) is 29.8 Å². The average Bonchev–Trinajstić information content (AvgIpc) is 2.72. The summed E-state index contributed by atoms with van der Waals surface area (Å²) >= 11 is 0. The van der Waals surface area contributed by atoms with Crippen LogP contribution in [0.2, 0.25) is 0 Å². The molecule has 0 atom stereocenters. The monoisotopic (exact) mass is 427 g/mol. The molecule has 0 radical (unpaired) electrons. The molecule has 1 heterocycles. The molecule has 0 saturated carbocycles. The second kappa shape index (κ2) is 13.1. The van der Waals surface area contributed by atoms with Crippen LogP contribution in [-0.4, -0.2) is 69.8 Å². The lowest BCUT2D eigenvalue weighted by Gasteiger charge is -2.30. The van der Waals surface area contributed by atoms with E-state index in [4.69, 9.17) is 4.74 Å². The van der Waals surface area contributed by atoms with Crippen molar-refractivity contribution in [1.29, 1.82) is 0 Å². The van der Waals surface area contributed by atoms with Crippen molar-refractivity contribution in [2.45, 2.75) is 32.3 Å². The molecule has 1 saturated heterocycles. The van der Waals surface area contributed by atoms with Crippen molar-refractivity contribution in [1.82, 2.24) is 15.5 Å². The Morgan fingerprint density at radius 3 is 2.47 bits per heavy atom. The number of nitrogens with zero attached hydrogens (tertiary/aromatic N) is 1. The molecule has 9 heteroatoms. The quantitative estimate of drug-likeness (QED) is 0.498. The molecular weight excluding hydrogens is 396 g/mol. The van der Waals surface area contributed by atoms with Crippen molar-refractivity contribution < 1.29 is 27.8 Å². The van der Waals surface area contributed by atoms with Crippen LogP contribution in [-0.2, 0) is 20.7 Å². The van der Waals surface area contributed by atoms with E-state index in [1.165, 1.54) is 12.1 Å².